The maximum atomic E-state index is 13.3. The number of anilines is 1. The molecule has 2 rings (SSSR count). The number of fused-ring (bicyclic) bond motifs is 1. The van der Waals surface area contributed by atoms with Crippen LogP contribution in [0.5, 0.6) is 0 Å². The van der Waals surface area contributed by atoms with E-state index in [1.807, 2.05) is 13.0 Å². The molecule has 0 fully saturated rings. The SMILES string of the molecule is CCN1CC(CC(C)N)c2cc(F)ccc21. The number of nitrogens with two attached hydrogens (primary N) is 1. The summed E-state index contributed by atoms with van der Waals surface area (Å²) in [6.07, 6.45) is 0.924. The van der Waals surface area contributed by atoms with Gasteiger partial charge in [-0.05, 0) is 44.0 Å². The van der Waals surface area contributed by atoms with Crippen LogP contribution in [0, 0.1) is 5.82 Å². The molecule has 1 aliphatic heterocycles. The molecule has 1 aromatic carbocycles. The van der Waals surface area contributed by atoms with Crippen molar-refractivity contribution >= 4 is 5.69 Å². The first kappa shape index (κ1) is 11.4. The number of benzene rings is 1. The number of nitrogens with zero attached hydrogens (tertiary/aromatic N) is 1. The van der Waals surface area contributed by atoms with Gasteiger partial charge in [-0.1, -0.05) is 0 Å². The topological polar surface area (TPSA) is 29.3 Å². The Morgan fingerprint density at radius 2 is 2.31 bits per heavy atom. The highest BCUT2D eigenvalue weighted by Crippen LogP contribution is 2.38. The Balaban J connectivity index is 2.31. The first-order valence-corrected chi connectivity index (χ1v) is 5.91. The van der Waals surface area contributed by atoms with Crippen LogP contribution in [0.4, 0.5) is 10.1 Å². The molecule has 16 heavy (non-hydrogen) atoms. The molecule has 1 aliphatic rings. The smallest absolute Gasteiger partial charge is 0.123 e. The maximum absolute atomic E-state index is 13.3. The van der Waals surface area contributed by atoms with E-state index in [9.17, 15) is 4.39 Å². The second kappa shape index (κ2) is 4.42. The van der Waals surface area contributed by atoms with E-state index in [1.54, 1.807) is 6.07 Å². The molecule has 1 heterocycles. The first-order chi connectivity index (χ1) is 7.61. The lowest BCUT2D eigenvalue weighted by Crippen LogP contribution is -2.24. The molecular weight excluding hydrogens is 203 g/mol. The third kappa shape index (κ3) is 2.05. The third-order valence-corrected chi connectivity index (χ3v) is 3.25. The minimum atomic E-state index is -0.147. The fourth-order valence-electron chi connectivity index (χ4n) is 2.55. The summed E-state index contributed by atoms with van der Waals surface area (Å²) < 4.78 is 13.3. The Hall–Kier alpha value is -1.09. The van der Waals surface area contributed by atoms with Crippen molar-refractivity contribution in [3.8, 4) is 0 Å². The molecule has 88 valence electrons. The van der Waals surface area contributed by atoms with Crippen molar-refractivity contribution in [2.24, 2.45) is 5.73 Å². The molecule has 0 aromatic heterocycles. The standard InChI is InChI=1S/C13H19FN2/c1-3-16-8-10(6-9(2)15)12-7-11(14)4-5-13(12)16/h4-5,7,9-10H,3,6,8,15H2,1-2H3. The monoisotopic (exact) mass is 222 g/mol. The van der Waals surface area contributed by atoms with Gasteiger partial charge in [0.2, 0.25) is 0 Å². The Morgan fingerprint density at radius 3 is 2.94 bits per heavy atom. The zero-order chi connectivity index (χ0) is 11.7. The normalized spacial score (nSPS) is 21.0. The van der Waals surface area contributed by atoms with Crippen LogP contribution in [0.1, 0.15) is 31.7 Å². The highest BCUT2D eigenvalue weighted by Gasteiger charge is 2.28. The number of likely N-dealkylation sites (N-methyl/N-ethyl adjacent to an activating group) is 1. The summed E-state index contributed by atoms with van der Waals surface area (Å²) in [5.74, 6) is 0.233. The first-order valence-electron chi connectivity index (χ1n) is 5.91. The Kier molecular flexibility index (Phi) is 3.15. The molecule has 2 N–H and O–H groups in total. The van der Waals surface area contributed by atoms with E-state index in [2.05, 4.69) is 11.8 Å². The van der Waals surface area contributed by atoms with Crippen molar-refractivity contribution in [1.29, 1.82) is 0 Å². The molecule has 0 amide bonds. The zero-order valence-electron chi connectivity index (χ0n) is 9.91. The molecule has 0 saturated heterocycles. The zero-order valence-corrected chi connectivity index (χ0v) is 9.91. The summed E-state index contributed by atoms with van der Waals surface area (Å²) in [6, 6.07) is 5.25. The summed E-state index contributed by atoms with van der Waals surface area (Å²) in [5, 5.41) is 0. The van der Waals surface area contributed by atoms with Gasteiger partial charge in [0.05, 0.1) is 0 Å². The summed E-state index contributed by atoms with van der Waals surface area (Å²) >= 11 is 0. The number of rotatable bonds is 3. The van der Waals surface area contributed by atoms with Crippen LogP contribution in [0.3, 0.4) is 0 Å². The molecular formula is C13H19FN2. The fourth-order valence-corrected chi connectivity index (χ4v) is 2.55. The van der Waals surface area contributed by atoms with E-state index >= 15 is 0 Å². The van der Waals surface area contributed by atoms with Gasteiger partial charge in [0.1, 0.15) is 5.82 Å². The van der Waals surface area contributed by atoms with Gasteiger partial charge in [0.25, 0.3) is 0 Å². The number of halogens is 1. The van der Waals surface area contributed by atoms with Crippen molar-refractivity contribution in [2.45, 2.75) is 32.2 Å². The minimum absolute atomic E-state index is 0.147. The van der Waals surface area contributed by atoms with Crippen LogP contribution >= 0.6 is 0 Å². The highest BCUT2D eigenvalue weighted by molar-refractivity contribution is 5.60. The Bertz CT molecular complexity index is 376. The van der Waals surface area contributed by atoms with E-state index in [-0.39, 0.29) is 11.9 Å². The van der Waals surface area contributed by atoms with E-state index in [1.165, 1.54) is 11.8 Å². The number of hydrogen-bond acceptors (Lipinski definition) is 2. The van der Waals surface area contributed by atoms with Crippen molar-refractivity contribution in [1.82, 2.24) is 0 Å². The van der Waals surface area contributed by atoms with Gasteiger partial charge in [0.15, 0.2) is 0 Å². The van der Waals surface area contributed by atoms with E-state index < -0.39 is 0 Å². The average Bonchev–Trinajstić information content (AvgIpc) is 2.55. The Labute approximate surface area is 96.2 Å². The van der Waals surface area contributed by atoms with Crippen LogP contribution in [0.25, 0.3) is 0 Å². The van der Waals surface area contributed by atoms with Gasteiger partial charge in [0, 0.05) is 30.7 Å². The van der Waals surface area contributed by atoms with Gasteiger partial charge in [-0.25, -0.2) is 4.39 Å². The van der Waals surface area contributed by atoms with Gasteiger partial charge in [-0.15, -0.1) is 0 Å². The van der Waals surface area contributed by atoms with Crippen molar-refractivity contribution in [3.63, 3.8) is 0 Å². The lowest BCUT2D eigenvalue weighted by atomic mass is 9.95. The summed E-state index contributed by atoms with van der Waals surface area (Å²) in [7, 11) is 0. The number of hydrogen-bond donors (Lipinski definition) is 1. The quantitative estimate of drug-likeness (QED) is 0.851. The Morgan fingerprint density at radius 1 is 1.56 bits per heavy atom. The maximum Gasteiger partial charge on any atom is 0.123 e. The van der Waals surface area contributed by atoms with Crippen LogP contribution in [0.15, 0.2) is 18.2 Å². The predicted molar refractivity (Wildman–Crippen MR) is 65.3 cm³/mol. The molecule has 0 aliphatic carbocycles. The van der Waals surface area contributed by atoms with E-state index in [0.29, 0.717) is 5.92 Å². The van der Waals surface area contributed by atoms with Crippen molar-refractivity contribution in [3.05, 3.63) is 29.6 Å². The lowest BCUT2D eigenvalue weighted by molar-refractivity contribution is 0.563. The van der Waals surface area contributed by atoms with Crippen LogP contribution in [0.2, 0.25) is 0 Å². The van der Waals surface area contributed by atoms with Crippen molar-refractivity contribution in [2.75, 3.05) is 18.0 Å². The molecule has 2 nitrogen and oxygen atoms in total. The average molecular weight is 222 g/mol. The third-order valence-electron chi connectivity index (χ3n) is 3.25. The summed E-state index contributed by atoms with van der Waals surface area (Å²) in [5.41, 5.74) is 8.14. The second-order valence-electron chi connectivity index (χ2n) is 4.65. The molecule has 2 atom stereocenters. The van der Waals surface area contributed by atoms with Gasteiger partial charge < -0.3 is 10.6 Å². The van der Waals surface area contributed by atoms with Gasteiger partial charge in [-0.2, -0.15) is 0 Å². The van der Waals surface area contributed by atoms with Crippen molar-refractivity contribution < 1.29 is 4.39 Å². The minimum Gasteiger partial charge on any atom is -0.371 e. The largest absolute Gasteiger partial charge is 0.371 e. The van der Waals surface area contributed by atoms with Crippen LogP contribution in [-0.4, -0.2) is 19.1 Å². The molecule has 0 radical (unpaired) electrons. The van der Waals surface area contributed by atoms with Crippen LogP contribution in [-0.2, 0) is 0 Å². The lowest BCUT2D eigenvalue weighted by Gasteiger charge is -2.17. The molecule has 0 bridgehead atoms. The van der Waals surface area contributed by atoms with Gasteiger partial charge >= 0.3 is 0 Å². The van der Waals surface area contributed by atoms with E-state index in [4.69, 9.17) is 5.73 Å². The fraction of sp³-hybridized carbons (Fsp3) is 0.538. The predicted octanol–water partition coefficient (Wildman–Crippen LogP) is 2.49. The molecule has 2 unspecified atom stereocenters. The van der Waals surface area contributed by atoms with E-state index in [0.717, 1.165) is 25.1 Å². The molecule has 3 heteroatoms. The molecule has 0 saturated carbocycles. The summed E-state index contributed by atoms with van der Waals surface area (Å²) in [6.45, 7) is 6.07. The summed E-state index contributed by atoms with van der Waals surface area (Å²) in [4.78, 5) is 2.29. The molecule has 1 aromatic rings. The molecule has 0 spiro atoms. The van der Waals surface area contributed by atoms with Crippen LogP contribution < -0.4 is 10.6 Å². The highest BCUT2D eigenvalue weighted by atomic mass is 19.1. The van der Waals surface area contributed by atoms with Gasteiger partial charge in [-0.3, -0.25) is 0 Å². The second-order valence-corrected chi connectivity index (χ2v) is 4.65.